The highest BCUT2D eigenvalue weighted by atomic mass is 32.1. The Morgan fingerprint density at radius 3 is 2.07 bits per heavy atom. The maximum atomic E-state index is 13.1. The Hall–Kier alpha value is -2.35. The molecule has 0 aliphatic heterocycles. The second kappa shape index (κ2) is 7.41. The highest BCUT2D eigenvalue weighted by Crippen LogP contribution is 2.49. The van der Waals surface area contributed by atoms with E-state index in [-0.39, 0.29) is 60.1 Å². The molecule has 1 aromatic rings. The smallest absolute Gasteiger partial charge is 0.283 e. The fourth-order valence-corrected chi connectivity index (χ4v) is 5.88. The lowest BCUT2D eigenvalue weighted by atomic mass is 9.64. The molecule has 0 spiro atoms. The minimum absolute atomic E-state index is 0.0666. The van der Waals surface area contributed by atoms with Gasteiger partial charge in [0.15, 0.2) is 5.78 Å². The summed E-state index contributed by atoms with van der Waals surface area (Å²) in [4.78, 5) is 50.9. The van der Waals surface area contributed by atoms with E-state index in [9.17, 15) is 29.6 Å². The van der Waals surface area contributed by atoms with Crippen LogP contribution in [-0.4, -0.2) is 27.4 Å². The van der Waals surface area contributed by atoms with Crippen LogP contribution in [0.5, 0.6) is 0 Å². The van der Waals surface area contributed by atoms with Gasteiger partial charge in [-0.15, -0.1) is 11.3 Å². The molecule has 0 amide bonds. The molecule has 0 aromatic carbocycles. The molecule has 3 rings (SSSR count). The van der Waals surface area contributed by atoms with Crippen LogP contribution in [0.3, 0.4) is 0 Å². The number of aryl methyl sites for hydroxylation is 1. The first-order chi connectivity index (χ1) is 13.7. The Labute approximate surface area is 179 Å². The number of aliphatic hydroxyl groups excluding tert-OH is 1. The van der Waals surface area contributed by atoms with Crippen LogP contribution in [0.1, 0.15) is 69.1 Å². The Kier molecular flexibility index (Phi) is 5.52. The Balaban J connectivity index is 2.19. The molecule has 30 heavy (non-hydrogen) atoms. The van der Waals surface area contributed by atoms with Crippen molar-refractivity contribution in [1.82, 2.24) is 0 Å². The molecule has 2 aliphatic carbocycles. The number of ketones is 3. The molecule has 1 unspecified atom stereocenters. The second-order valence-corrected chi connectivity index (χ2v) is 11.3. The molecule has 2 aliphatic rings. The summed E-state index contributed by atoms with van der Waals surface area (Å²) in [6, 6.07) is 1.35. The van der Waals surface area contributed by atoms with Crippen molar-refractivity contribution in [2.75, 3.05) is 0 Å². The number of hydrogen-bond donors (Lipinski definition) is 1. The quantitative estimate of drug-likeness (QED) is 0.413. The highest BCUT2D eigenvalue weighted by molar-refractivity contribution is 7.12. The van der Waals surface area contributed by atoms with E-state index in [4.69, 9.17) is 0 Å². The van der Waals surface area contributed by atoms with Gasteiger partial charge in [-0.3, -0.25) is 24.5 Å². The van der Waals surface area contributed by atoms with Gasteiger partial charge < -0.3 is 5.11 Å². The lowest BCUT2D eigenvalue weighted by Crippen LogP contribution is -2.42. The summed E-state index contributed by atoms with van der Waals surface area (Å²) in [7, 11) is 0. The van der Waals surface area contributed by atoms with Crippen molar-refractivity contribution in [3.63, 3.8) is 0 Å². The van der Waals surface area contributed by atoms with Gasteiger partial charge in [-0.05, 0) is 17.8 Å². The van der Waals surface area contributed by atoms with Crippen LogP contribution in [0.2, 0.25) is 0 Å². The molecule has 0 radical (unpaired) electrons. The number of hydrogen-bond acceptors (Lipinski definition) is 7. The molecule has 1 heterocycles. The first-order valence-corrected chi connectivity index (χ1v) is 10.8. The van der Waals surface area contributed by atoms with Crippen LogP contribution >= 0.6 is 11.3 Å². The Morgan fingerprint density at radius 2 is 1.60 bits per heavy atom. The van der Waals surface area contributed by atoms with Crippen molar-refractivity contribution < 1.29 is 24.4 Å². The van der Waals surface area contributed by atoms with Crippen LogP contribution in [0.15, 0.2) is 17.4 Å². The molecule has 0 bridgehead atoms. The molecule has 1 aromatic heterocycles. The van der Waals surface area contributed by atoms with Crippen LogP contribution < -0.4 is 0 Å². The molecular weight excluding hydrogens is 406 g/mol. The van der Waals surface area contributed by atoms with Crippen molar-refractivity contribution in [1.29, 1.82) is 0 Å². The largest absolute Gasteiger partial charge is 0.512 e. The summed E-state index contributed by atoms with van der Waals surface area (Å²) in [5.41, 5.74) is -0.951. The maximum absolute atomic E-state index is 13.1. The fraction of sp³-hybridized carbons (Fsp3) is 0.591. The van der Waals surface area contributed by atoms with Crippen molar-refractivity contribution in [2.45, 2.75) is 66.2 Å². The van der Waals surface area contributed by atoms with Crippen LogP contribution in [-0.2, 0) is 14.4 Å². The van der Waals surface area contributed by atoms with Gasteiger partial charge in [-0.2, -0.15) is 0 Å². The van der Waals surface area contributed by atoms with E-state index in [1.807, 2.05) is 27.7 Å². The van der Waals surface area contributed by atoms with Gasteiger partial charge in [0, 0.05) is 48.1 Å². The number of rotatable bonds is 4. The average molecular weight is 434 g/mol. The van der Waals surface area contributed by atoms with Crippen molar-refractivity contribution in [2.24, 2.45) is 16.7 Å². The SMILES string of the molecule is Cc1sc(C(C2=C(O)CC(C)(C)CC2=O)C2C(=O)CC(C)(C)CC2=O)cc1[N+](=O)[O-]. The predicted molar refractivity (Wildman–Crippen MR) is 113 cm³/mol. The van der Waals surface area contributed by atoms with E-state index in [1.54, 1.807) is 6.92 Å². The lowest BCUT2D eigenvalue weighted by Gasteiger charge is -2.38. The topological polar surface area (TPSA) is 115 Å². The predicted octanol–water partition coefficient (Wildman–Crippen LogP) is 4.82. The number of allylic oxidation sites excluding steroid dienone is 2. The summed E-state index contributed by atoms with van der Waals surface area (Å²) in [5, 5.41) is 22.2. The van der Waals surface area contributed by atoms with E-state index in [0.29, 0.717) is 9.75 Å². The van der Waals surface area contributed by atoms with Gasteiger partial charge in [-0.25, -0.2) is 0 Å². The Morgan fingerprint density at radius 1 is 1.07 bits per heavy atom. The highest BCUT2D eigenvalue weighted by Gasteiger charge is 2.49. The molecule has 8 heteroatoms. The third-order valence-corrected chi connectivity index (χ3v) is 7.08. The van der Waals surface area contributed by atoms with Crippen LogP contribution in [0, 0.1) is 33.8 Å². The van der Waals surface area contributed by atoms with E-state index < -0.39 is 27.6 Å². The van der Waals surface area contributed by atoms with E-state index in [2.05, 4.69) is 0 Å². The van der Waals surface area contributed by atoms with E-state index >= 15 is 0 Å². The maximum Gasteiger partial charge on any atom is 0.283 e. The first-order valence-electron chi connectivity index (χ1n) is 9.98. The van der Waals surface area contributed by atoms with Crippen molar-refractivity contribution >= 4 is 34.4 Å². The number of thiophene rings is 1. The number of nitro groups is 1. The first kappa shape index (κ1) is 22.3. The molecule has 7 nitrogen and oxygen atoms in total. The lowest BCUT2D eigenvalue weighted by molar-refractivity contribution is -0.385. The third kappa shape index (κ3) is 4.10. The number of carbonyl (C=O) groups is 3. The Bertz CT molecular complexity index is 964. The zero-order valence-corrected chi connectivity index (χ0v) is 18.7. The monoisotopic (exact) mass is 433 g/mol. The molecular formula is C22H27NO6S. The van der Waals surface area contributed by atoms with Crippen molar-refractivity contribution in [3.05, 3.63) is 37.3 Å². The van der Waals surface area contributed by atoms with E-state index in [0.717, 1.165) is 11.3 Å². The number of carbonyl (C=O) groups excluding carboxylic acids is 3. The van der Waals surface area contributed by atoms with Crippen LogP contribution in [0.4, 0.5) is 5.69 Å². The average Bonchev–Trinajstić information content (AvgIpc) is 2.91. The van der Waals surface area contributed by atoms with Gasteiger partial charge in [0.25, 0.3) is 5.69 Å². The summed E-state index contributed by atoms with van der Waals surface area (Å²) < 4.78 is 0. The molecule has 1 saturated carbocycles. The summed E-state index contributed by atoms with van der Waals surface area (Å²) >= 11 is 1.10. The molecule has 1 fully saturated rings. The zero-order valence-electron chi connectivity index (χ0n) is 17.9. The normalized spacial score (nSPS) is 23.0. The van der Waals surface area contributed by atoms with Crippen LogP contribution in [0.25, 0.3) is 0 Å². The summed E-state index contributed by atoms with van der Waals surface area (Å²) in [5.74, 6) is -3.10. The second-order valence-electron chi connectivity index (χ2n) is 10.1. The summed E-state index contributed by atoms with van der Waals surface area (Å²) in [6.45, 7) is 9.02. The number of nitrogens with zero attached hydrogens (tertiary/aromatic N) is 1. The van der Waals surface area contributed by atoms with E-state index in [1.165, 1.54) is 6.07 Å². The molecule has 1 atom stereocenters. The molecule has 1 N–H and O–H groups in total. The molecule has 162 valence electrons. The van der Waals surface area contributed by atoms with Gasteiger partial charge in [0.1, 0.15) is 17.3 Å². The fourth-order valence-electron chi connectivity index (χ4n) is 4.73. The van der Waals surface area contributed by atoms with Gasteiger partial charge in [0.05, 0.1) is 15.7 Å². The molecule has 0 saturated heterocycles. The standard InChI is InChI=1S/C22H27NO6S/c1-11-12(23(28)29)6-17(30-11)20(18-13(24)7-21(2,3)8-14(18)25)19-15(26)9-22(4,5)10-16(19)27/h6,18,20,26H,7-10H2,1-5H3. The van der Waals surface area contributed by atoms with Gasteiger partial charge in [-0.1, -0.05) is 27.7 Å². The van der Waals surface area contributed by atoms with Crippen molar-refractivity contribution in [3.8, 4) is 0 Å². The summed E-state index contributed by atoms with van der Waals surface area (Å²) in [6.07, 6.45) is 0.785. The van der Waals surface area contributed by atoms with Gasteiger partial charge >= 0.3 is 0 Å². The minimum atomic E-state index is -1.11. The number of Topliss-reactive ketones (excluding diaryl/α,β-unsaturated/α-hetero) is 3. The zero-order chi connectivity index (χ0) is 22.6. The third-order valence-electron chi connectivity index (χ3n) is 5.95. The number of aliphatic hydroxyl groups is 1. The minimum Gasteiger partial charge on any atom is -0.512 e. The van der Waals surface area contributed by atoms with Gasteiger partial charge in [0.2, 0.25) is 0 Å².